The first kappa shape index (κ1) is 13.8. The summed E-state index contributed by atoms with van der Waals surface area (Å²) in [6.45, 7) is 3.84. The van der Waals surface area contributed by atoms with Gasteiger partial charge in [0.2, 0.25) is 0 Å². The second kappa shape index (κ2) is 4.66. The summed E-state index contributed by atoms with van der Waals surface area (Å²) < 4.78 is 24.7. The fraction of sp³-hybridized carbons (Fsp3) is 0.200. The van der Waals surface area contributed by atoms with Crippen molar-refractivity contribution in [3.05, 3.63) is 47.9 Å². The molecule has 0 radical (unpaired) electrons. The highest BCUT2D eigenvalue weighted by Gasteiger charge is 2.09. The van der Waals surface area contributed by atoms with E-state index in [4.69, 9.17) is 0 Å². The predicted molar refractivity (Wildman–Crippen MR) is 81.0 cm³/mol. The molecule has 0 amide bonds. The molecule has 0 bridgehead atoms. The van der Waals surface area contributed by atoms with Gasteiger partial charge in [-0.05, 0) is 43.2 Å². The molecule has 0 atom stereocenters. The smallest absolute Gasteiger partial charge is 0.175 e. The highest BCUT2D eigenvalue weighted by molar-refractivity contribution is 7.90. The minimum Gasteiger partial charge on any atom is -0.224 e. The second-order valence-corrected chi connectivity index (χ2v) is 7.15. The van der Waals surface area contributed by atoms with E-state index in [9.17, 15) is 8.42 Å². The van der Waals surface area contributed by atoms with Crippen LogP contribution in [0, 0.1) is 13.8 Å². The van der Waals surface area contributed by atoms with Crippen molar-refractivity contribution in [1.29, 1.82) is 0 Å². The van der Waals surface area contributed by atoms with Crippen LogP contribution in [-0.2, 0) is 9.84 Å². The molecular weight excluding hydrogens is 286 g/mol. The minimum atomic E-state index is -3.17. The topological polar surface area (TPSA) is 64.3 Å². The van der Waals surface area contributed by atoms with E-state index in [1.807, 2.05) is 26.1 Å². The van der Waals surface area contributed by atoms with Crippen LogP contribution >= 0.6 is 0 Å². The van der Waals surface area contributed by atoms with E-state index >= 15 is 0 Å². The predicted octanol–water partition coefficient (Wildman–Crippen LogP) is 2.42. The molecule has 3 rings (SSSR count). The number of benzene rings is 1. The summed E-state index contributed by atoms with van der Waals surface area (Å²) in [6, 6.07) is 8.88. The Labute approximate surface area is 123 Å². The van der Waals surface area contributed by atoms with E-state index in [1.165, 1.54) is 6.26 Å². The van der Waals surface area contributed by atoms with Crippen LogP contribution in [0.3, 0.4) is 0 Å². The van der Waals surface area contributed by atoms with Gasteiger partial charge in [0.15, 0.2) is 15.5 Å². The molecule has 1 aromatic carbocycles. The molecule has 3 aromatic rings. The first-order valence-electron chi connectivity index (χ1n) is 6.49. The third kappa shape index (κ3) is 2.54. The highest BCUT2D eigenvalue weighted by Crippen LogP contribution is 2.23. The molecular formula is C15H15N3O2S. The minimum absolute atomic E-state index is 0.320. The average Bonchev–Trinajstić information content (AvgIpc) is 2.79. The lowest BCUT2D eigenvalue weighted by Gasteiger charge is -2.06. The van der Waals surface area contributed by atoms with Crippen molar-refractivity contribution in [2.24, 2.45) is 0 Å². The van der Waals surface area contributed by atoms with Crippen LogP contribution in [0.5, 0.6) is 0 Å². The van der Waals surface area contributed by atoms with Crippen molar-refractivity contribution in [3.63, 3.8) is 0 Å². The van der Waals surface area contributed by atoms with Gasteiger partial charge in [0.1, 0.15) is 5.82 Å². The molecule has 0 saturated carbocycles. The zero-order valence-electron chi connectivity index (χ0n) is 12.0. The molecule has 21 heavy (non-hydrogen) atoms. The number of aryl methyl sites for hydroxylation is 2. The third-order valence-corrected chi connectivity index (χ3v) is 4.47. The van der Waals surface area contributed by atoms with E-state index in [2.05, 4.69) is 10.1 Å². The molecule has 2 aromatic heterocycles. The van der Waals surface area contributed by atoms with Crippen LogP contribution in [0.4, 0.5) is 0 Å². The molecule has 2 heterocycles. The maximum Gasteiger partial charge on any atom is 0.175 e. The maximum absolute atomic E-state index is 11.5. The van der Waals surface area contributed by atoms with Crippen molar-refractivity contribution in [2.75, 3.05) is 6.26 Å². The number of aromatic nitrogens is 3. The molecule has 5 nitrogen and oxygen atoms in total. The summed E-state index contributed by atoms with van der Waals surface area (Å²) in [4.78, 5) is 4.69. The Morgan fingerprint density at radius 3 is 2.33 bits per heavy atom. The van der Waals surface area contributed by atoms with Gasteiger partial charge >= 0.3 is 0 Å². The lowest BCUT2D eigenvalue weighted by molar-refractivity contribution is 0.602. The van der Waals surface area contributed by atoms with E-state index in [-0.39, 0.29) is 0 Å². The molecule has 6 heteroatoms. The summed E-state index contributed by atoms with van der Waals surface area (Å²) in [6.07, 6.45) is 3.11. The molecule has 0 aliphatic rings. The Kier molecular flexibility index (Phi) is 3.06. The van der Waals surface area contributed by atoms with Crippen LogP contribution in [0.25, 0.3) is 16.8 Å². The third-order valence-electron chi connectivity index (χ3n) is 3.34. The van der Waals surface area contributed by atoms with Crippen LogP contribution in [0.2, 0.25) is 0 Å². The highest BCUT2D eigenvalue weighted by atomic mass is 32.2. The van der Waals surface area contributed by atoms with Gasteiger partial charge < -0.3 is 0 Å². The Balaban J connectivity index is 2.12. The lowest BCUT2D eigenvalue weighted by atomic mass is 10.1. The van der Waals surface area contributed by atoms with E-state index in [1.54, 1.807) is 28.8 Å². The van der Waals surface area contributed by atoms with Crippen LogP contribution in [0.1, 0.15) is 11.4 Å². The van der Waals surface area contributed by atoms with Gasteiger partial charge in [0.25, 0.3) is 0 Å². The monoisotopic (exact) mass is 301 g/mol. The summed E-state index contributed by atoms with van der Waals surface area (Å²) in [7, 11) is -3.17. The largest absolute Gasteiger partial charge is 0.224 e. The average molecular weight is 301 g/mol. The Hall–Kier alpha value is -2.21. The van der Waals surface area contributed by atoms with Crippen LogP contribution < -0.4 is 0 Å². The van der Waals surface area contributed by atoms with E-state index in [0.717, 1.165) is 28.2 Å². The number of sulfone groups is 1. The molecule has 108 valence electrons. The van der Waals surface area contributed by atoms with Gasteiger partial charge in [-0.1, -0.05) is 12.1 Å². The molecule has 0 aliphatic heterocycles. The molecule has 0 N–H and O–H groups in total. The number of nitrogens with zero attached hydrogens (tertiary/aromatic N) is 3. The second-order valence-electron chi connectivity index (χ2n) is 5.14. The molecule has 0 fully saturated rings. The van der Waals surface area contributed by atoms with Crippen molar-refractivity contribution in [1.82, 2.24) is 14.6 Å². The first-order valence-corrected chi connectivity index (χ1v) is 8.38. The Morgan fingerprint density at radius 2 is 1.71 bits per heavy atom. The van der Waals surface area contributed by atoms with E-state index in [0.29, 0.717) is 4.90 Å². The number of fused-ring (bicyclic) bond motifs is 1. The Bertz CT molecular complexity index is 925. The summed E-state index contributed by atoms with van der Waals surface area (Å²) in [5, 5.41) is 4.33. The number of hydrogen-bond donors (Lipinski definition) is 0. The number of rotatable bonds is 2. The molecule has 0 saturated heterocycles. The lowest BCUT2D eigenvalue weighted by Crippen LogP contribution is -1.97. The van der Waals surface area contributed by atoms with Crippen LogP contribution in [-0.4, -0.2) is 29.3 Å². The van der Waals surface area contributed by atoms with E-state index < -0.39 is 9.84 Å². The van der Waals surface area contributed by atoms with Gasteiger partial charge in [-0.25, -0.2) is 17.9 Å². The van der Waals surface area contributed by atoms with Gasteiger partial charge in [0, 0.05) is 18.0 Å². The SMILES string of the molecule is Cc1nc2c(C)cc(-c3ccc(S(C)(=O)=O)cc3)cn2n1. The normalized spacial score (nSPS) is 12.0. The van der Waals surface area contributed by atoms with Gasteiger partial charge in [0.05, 0.1) is 4.90 Å². The Morgan fingerprint density at radius 1 is 1.05 bits per heavy atom. The summed E-state index contributed by atoms with van der Waals surface area (Å²) in [5.41, 5.74) is 3.79. The fourth-order valence-electron chi connectivity index (χ4n) is 2.31. The van der Waals surface area contributed by atoms with Gasteiger partial charge in [-0.3, -0.25) is 0 Å². The summed E-state index contributed by atoms with van der Waals surface area (Å²) >= 11 is 0. The zero-order valence-corrected chi connectivity index (χ0v) is 12.8. The summed E-state index contributed by atoms with van der Waals surface area (Å²) in [5.74, 6) is 0.725. The maximum atomic E-state index is 11.5. The zero-order chi connectivity index (χ0) is 15.2. The van der Waals surface area contributed by atoms with Crippen molar-refractivity contribution >= 4 is 15.5 Å². The van der Waals surface area contributed by atoms with Crippen molar-refractivity contribution < 1.29 is 8.42 Å². The standard InChI is InChI=1S/C15H15N3O2S/c1-10-8-13(9-18-15(10)16-11(2)17-18)12-4-6-14(7-5-12)21(3,19)20/h4-9H,1-3H3. The number of pyridine rings is 1. The number of hydrogen-bond acceptors (Lipinski definition) is 4. The van der Waals surface area contributed by atoms with Crippen molar-refractivity contribution in [3.8, 4) is 11.1 Å². The van der Waals surface area contributed by atoms with Crippen molar-refractivity contribution in [2.45, 2.75) is 18.7 Å². The van der Waals surface area contributed by atoms with Gasteiger partial charge in [-0.15, -0.1) is 0 Å². The van der Waals surface area contributed by atoms with Crippen LogP contribution in [0.15, 0.2) is 41.4 Å². The molecule has 0 aliphatic carbocycles. The quantitative estimate of drug-likeness (QED) is 0.729. The fourth-order valence-corrected chi connectivity index (χ4v) is 2.94. The van der Waals surface area contributed by atoms with Gasteiger partial charge in [-0.2, -0.15) is 5.10 Å². The molecule has 0 spiro atoms. The molecule has 0 unspecified atom stereocenters. The first-order chi connectivity index (χ1) is 9.84.